The number of hydrogen-bond donors (Lipinski definition) is 2. The zero-order valence-corrected chi connectivity index (χ0v) is 16.7. The number of rotatable bonds is 4. The number of aryl methyl sites for hydroxylation is 1. The van der Waals surface area contributed by atoms with Gasteiger partial charge in [0.05, 0.1) is 12.2 Å². The third kappa shape index (κ3) is 5.18. The molecule has 1 fully saturated rings. The Balaban J connectivity index is 1.57. The second-order valence-corrected chi connectivity index (χ2v) is 8.13. The molecule has 0 aliphatic carbocycles. The van der Waals surface area contributed by atoms with Crippen molar-refractivity contribution in [3.05, 3.63) is 47.3 Å². The molecule has 0 unspecified atom stereocenters. The maximum absolute atomic E-state index is 12.2. The molecule has 2 amide bonds. The summed E-state index contributed by atoms with van der Waals surface area (Å²) in [6.45, 7) is 10.8. The van der Waals surface area contributed by atoms with Gasteiger partial charge in [0.25, 0.3) is 0 Å². The van der Waals surface area contributed by atoms with Gasteiger partial charge in [-0.2, -0.15) is 0 Å². The van der Waals surface area contributed by atoms with Gasteiger partial charge in [0.2, 0.25) is 5.95 Å². The number of urea groups is 1. The van der Waals surface area contributed by atoms with E-state index in [0.29, 0.717) is 6.54 Å². The molecule has 144 valence electrons. The van der Waals surface area contributed by atoms with Gasteiger partial charge in [-0.3, -0.25) is 0 Å². The predicted octanol–water partition coefficient (Wildman–Crippen LogP) is 4.00. The number of benzene rings is 1. The maximum atomic E-state index is 12.2. The summed E-state index contributed by atoms with van der Waals surface area (Å²) in [7, 11) is 0. The molecule has 1 aromatic carbocycles. The molecule has 0 bridgehead atoms. The van der Waals surface area contributed by atoms with E-state index >= 15 is 0 Å². The van der Waals surface area contributed by atoms with Gasteiger partial charge in [0.1, 0.15) is 0 Å². The molecule has 1 saturated heterocycles. The fourth-order valence-corrected chi connectivity index (χ4v) is 3.17. The Morgan fingerprint density at radius 1 is 1.11 bits per heavy atom. The molecule has 2 N–H and O–H groups in total. The topological polar surface area (TPSA) is 70.2 Å². The van der Waals surface area contributed by atoms with Crippen molar-refractivity contribution >= 4 is 17.7 Å². The summed E-state index contributed by atoms with van der Waals surface area (Å²) >= 11 is 0. The Morgan fingerprint density at radius 3 is 2.41 bits per heavy atom. The lowest BCUT2D eigenvalue weighted by Crippen LogP contribution is -2.29. The number of anilines is 2. The van der Waals surface area contributed by atoms with Gasteiger partial charge in [-0.25, -0.2) is 14.8 Å². The van der Waals surface area contributed by atoms with E-state index in [4.69, 9.17) is 0 Å². The highest BCUT2D eigenvalue weighted by molar-refractivity contribution is 5.89. The molecule has 1 aromatic heterocycles. The van der Waals surface area contributed by atoms with Crippen LogP contribution < -0.4 is 15.5 Å². The molecule has 2 heterocycles. The Bertz CT molecular complexity index is 789. The van der Waals surface area contributed by atoms with Gasteiger partial charge >= 0.3 is 6.03 Å². The van der Waals surface area contributed by atoms with Crippen molar-refractivity contribution in [2.24, 2.45) is 0 Å². The van der Waals surface area contributed by atoms with Crippen LogP contribution in [-0.2, 0) is 12.0 Å². The maximum Gasteiger partial charge on any atom is 0.319 e. The number of aromatic nitrogens is 2. The minimum absolute atomic E-state index is 0.0959. The first-order valence-corrected chi connectivity index (χ1v) is 9.56. The molecule has 0 spiro atoms. The summed E-state index contributed by atoms with van der Waals surface area (Å²) in [6.07, 6.45) is 2.36. The smallest absolute Gasteiger partial charge is 0.319 e. The van der Waals surface area contributed by atoms with Crippen molar-refractivity contribution in [1.82, 2.24) is 15.3 Å². The van der Waals surface area contributed by atoms with Gasteiger partial charge in [-0.05, 0) is 48.9 Å². The highest BCUT2D eigenvalue weighted by Gasteiger charge is 2.16. The molecule has 0 radical (unpaired) electrons. The van der Waals surface area contributed by atoms with Crippen LogP contribution in [0.1, 0.15) is 50.6 Å². The van der Waals surface area contributed by atoms with Crippen LogP contribution in [0, 0.1) is 6.92 Å². The Morgan fingerprint density at radius 2 is 1.78 bits per heavy atom. The molecular weight excluding hydrogens is 338 g/mol. The largest absolute Gasteiger partial charge is 0.341 e. The average Bonchev–Trinajstić information content (AvgIpc) is 3.14. The second kappa shape index (κ2) is 7.94. The summed E-state index contributed by atoms with van der Waals surface area (Å²) in [5.74, 6) is 0.766. The lowest BCUT2D eigenvalue weighted by atomic mass is 9.87. The third-order valence-corrected chi connectivity index (χ3v) is 4.72. The quantitative estimate of drug-likeness (QED) is 0.857. The van der Waals surface area contributed by atoms with Crippen LogP contribution in [0.15, 0.2) is 30.3 Å². The zero-order valence-electron chi connectivity index (χ0n) is 16.7. The van der Waals surface area contributed by atoms with Crippen molar-refractivity contribution in [1.29, 1.82) is 0 Å². The number of hydrogen-bond acceptors (Lipinski definition) is 4. The van der Waals surface area contributed by atoms with E-state index in [9.17, 15) is 4.79 Å². The molecule has 6 nitrogen and oxygen atoms in total. The van der Waals surface area contributed by atoms with Crippen molar-refractivity contribution < 1.29 is 4.79 Å². The standard InChI is InChI=1S/C21H29N5O/c1-15-13-18(24-19(23-15)26-11-5-6-12-26)14-22-20(27)25-17-9-7-16(8-10-17)21(2,3)4/h7-10,13H,5-6,11-12,14H2,1-4H3,(H2,22,25,27). The summed E-state index contributed by atoms with van der Waals surface area (Å²) in [5.41, 5.74) is 3.85. The predicted molar refractivity (Wildman–Crippen MR) is 109 cm³/mol. The van der Waals surface area contributed by atoms with Gasteiger partial charge in [-0.1, -0.05) is 32.9 Å². The molecule has 0 atom stereocenters. The first kappa shape index (κ1) is 19.1. The molecule has 2 aromatic rings. The lowest BCUT2D eigenvalue weighted by Gasteiger charge is -2.19. The van der Waals surface area contributed by atoms with Crippen LogP contribution in [-0.4, -0.2) is 29.1 Å². The van der Waals surface area contributed by atoms with Crippen LogP contribution in [0.4, 0.5) is 16.4 Å². The summed E-state index contributed by atoms with van der Waals surface area (Å²) in [5, 5.41) is 5.75. The third-order valence-electron chi connectivity index (χ3n) is 4.72. The van der Waals surface area contributed by atoms with Crippen LogP contribution in [0.2, 0.25) is 0 Å². The monoisotopic (exact) mass is 367 g/mol. The van der Waals surface area contributed by atoms with E-state index in [1.54, 1.807) is 0 Å². The van der Waals surface area contributed by atoms with E-state index < -0.39 is 0 Å². The minimum atomic E-state index is -0.238. The molecule has 0 saturated carbocycles. The van der Waals surface area contributed by atoms with Crippen molar-refractivity contribution in [3.63, 3.8) is 0 Å². The summed E-state index contributed by atoms with van der Waals surface area (Å²) in [4.78, 5) is 23.6. The normalized spacial score (nSPS) is 14.3. The van der Waals surface area contributed by atoms with Crippen molar-refractivity contribution in [3.8, 4) is 0 Å². The van der Waals surface area contributed by atoms with E-state index in [0.717, 1.165) is 36.1 Å². The van der Waals surface area contributed by atoms with Crippen LogP contribution >= 0.6 is 0 Å². The highest BCUT2D eigenvalue weighted by Crippen LogP contribution is 2.23. The molecule has 3 rings (SSSR count). The number of amides is 2. The van der Waals surface area contributed by atoms with Crippen LogP contribution in [0.5, 0.6) is 0 Å². The van der Waals surface area contributed by atoms with Gasteiger partial charge < -0.3 is 15.5 Å². The SMILES string of the molecule is Cc1cc(CNC(=O)Nc2ccc(C(C)(C)C)cc2)nc(N2CCCC2)n1. The van der Waals surface area contributed by atoms with Gasteiger partial charge in [-0.15, -0.1) is 0 Å². The van der Waals surface area contributed by atoms with E-state index in [1.165, 1.54) is 18.4 Å². The molecule has 1 aliphatic rings. The summed E-state index contributed by atoms with van der Waals surface area (Å²) < 4.78 is 0. The molecule has 6 heteroatoms. The summed E-state index contributed by atoms with van der Waals surface area (Å²) in [6, 6.07) is 9.63. The van der Waals surface area contributed by atoms with Crippen LogP contribution in [0.25, 0.3) is 0 Å². The highest BCUT2D eigenvalue weighted by atomic mass is 16.2. The number of carbonyl (C=O) groups is 1. The average molecular weight is 367 g/mol. The second-order valence-electron chi connectivity index (χ2n) is 8.13. The number of nitrogens with one attached hydrogen (secondary N) is 2. The van der Waals surface area contributed by atoms with E-state index in [2.05, 4.69) is 46.3 Å². The number of carbonyl (C=O) groups excluding carboxylic acids is 1. The molecule has 1 aliphatic heterocycles. The molecule has 27 heavy (non-hydrogen) atoms. The van der Waals surface area contributed by atoms with E-state index in [-0.39, 0.29) is 11.4 Å². The van der Waals surface area contributed by atoms with Crippen molar-refractivity contribution in [2.45, 2.75) is 52.5 Å². The number of nitrogens with zero attached hydrogens (tertiary/aromatic N) is 3. The Labute approximate surface area is 161 Å². The minimum Gasteiger partial charge on any atom is -0.341 e. The molecular formula is C21H29N5O. The fourth-order valence-electron chi connectivity index (χ4n) is 3.17. The van der Waals surface area contributed by atoms with E-state index in [1.807, 2.05) is 37.3 Å². The first-order chi connectivity index (χ1) is 12.8. The Hall–Kier alpha value is -2.63. The lowest BCUT2D eigenvalue weighted by molar-refractivity contribution is 0.251. The Kier molecular flexibility index (Phi) is 5.63. The van der Waals surface area contributed by atoms with Crippen LogP contribution in [0.3, 0.4) is 0 Å². The van der Waals surface area contributed by atoms with Crippen molar-refractivity contribution in [2.75, 3.05) is 23.3 Å². The fraction of sp³-hybridized carbons (Fsp3) is 0.476. The first-order valence-electron chi connectivity index (χ1n) is 9.56. The van der Waals surface area contributed by atoms with Gasteiger partial charge in [0, 0.05) is 24.5 Å². The van der Waals surface area contributed by atoms with Gasteiger partial charge in [0.15, 0.2) is 0 Å². The zero-order chi connectivity index (χ0) is 19.4.